The Hall–Kier alpha value is -1.69. The number of fused-ring (bicyclic) bond motifs is 1. The van der Waals surface area contributed by atoms with Crippen LogP contribution in [-0.2, 0) is 17.6 Å². The Labute approximate surface area is 136 Å². The molecule has 3 aliphatic heterocycles. The summed E-state index contributed by atoms with van der Waals surface area (Å²) in [7, 11) is 0. The molecule has 0 aliphatic carbocycles. The molecule has 4 rings (SSSR count). The van der Waals surface area contributed by atoms with E-state index in [-0.39, 0.29) is 6.03 Å². The van der Waals surface area contributed by atoms with Gasteiger partial charge in [-0.1, -0.05) is 0 Å². The second kappa shape index (κ2) is 6.43. The molecule has 2 fully saturated rings. The maximum atomic E-state index is 12.6. The van der Waals surface area contributed by atoms with E-state index in [0.717, 1.165) is 82.9 Å². The van der Waals surface area contributed by atoms with E-state index in [1.54, 1.807) is 6.33 Å². The minimum absolute atomic E-state index is 0.203. The van der Waals surface area contributed by atoms with Gasteiger partial charge in [0.25, 0.3) is 0 Å². The summed E-state index contributed by atoms with van der Waals surface area (Å²) in [6, 6.07) is 0.203. The number of carbonyl (C=O) groups excluding carboxylic acids is 1. The molecule has 0 N–H and O–H groups in total. The SMILES string of the molecule is O=C(N1CCCC1)N1CCc2ncnc([C@H]3CCOC3)c2CC1. The van der Waals surface area contributed by atoms with Crippen molar-refractivity contribution in [3.63, 3.8) is 0 Å². The van der Waals surface area contributed by atoms with E-state index < -0.39 is 0 Å². The predicted molar refractivity (Wildman–Crippen MR) is 85.4 cm³/mol. The normalized spacial score (nSPS) is 24.6. The van der Waals surface area contributed by atoms with Crippen molar-refractivity contribution in [2.45, 2.75) is 38.0 Å². The van der Waals surface area contributed by atoms with Crippen LogP contribution in [0.5, 0.6) is 0 Å². The third-order valence-corrected chi connectivity index (χ3v) is 5.28. The number of aromatic nitrogens is 2. The number of carbonyl (C=O) groups is 1. The molecule has 124 valence electrons. The monoisotopic (exact) mass is 316 g/mol. The van der Waals surface area contributed by atoms with Crippen molar-refractivity contribution in [2.75, 3.05) is 39.4 Å². The number of likely N-dealkylation sites (tertiary alicyclic amines) is 1. The van der Waals surface area contributed by atoms with Gasteiger partial charge in [0.1, 0.15) is 6.33 Å². The molecule has 3 aliphatic rings. The highest BCUT2D eigenvalue weighted by Crippen LogP contribution is 2.29. The third kappa shape index (κ3) is 2.92. The molecule has 4 heterocycles. The van der Waals surface area contributed by atoms with Crippen molar-refractivity contribution in [1.29, 1.82) is 0 Å². The van der Waals surface area contributed by atoms with Crippen LogP contribution < -0.4 is 0 Å². The Balaban J connectivity index is 1.52. The van der Waals surface area contributed by atoms with Crippen LogP contribution in [0, 0.1) is 0 Å². The van der Waals surface area contributed by atoms with Crippen molar-refractivity contribution in [3.8, 4) is 0 Å². The van der Waals surface area contributed by atoms with Crippen LogP contribution in [0.4, 0.5) is 4.79 Å². The standard InChI is InChI=1S/C17H24N4O2/c22-17(20-6-1-2-7-20)21-8-3-14-15(4-9-21)18-12-19-16(14)13-5-10-23-11-13/h12-13H,1-11H2/t13-/m0/s1. The first kappa shape index (κ1) is 14.9. The van der Waals surface area contributed by atoms with E-state index in [1.807, 2.05) is 9.80 Å². The second-order valence-corrected chi connectivity index (χ2v) is 6.71. The maximum absolute atomic E-state index is 12.6. The fraction of sp³-hybridized carbons (Fsp3) is 0.706. The highest BCUT2D eigenvalue weighted by atomic mass is 16.5. The van der Waals surface area contributed by atoms with E-state index in [2.05, 4.69) is 9.97 Å². The zero-order valence-corrected chi connectivity index (χ0v) is 13.5. The molecule has 23 heavy (non-hydrogen) atoms. The largest absolute Gasteiger partial charge is 0.381 e. The zero-order valence-electron chi connectivity index (χ0n) is 13.5. The molecule has 0 radical (unpaired) electrons. The van der Waals surface area contributed by atoms with Crippen molar-refractivity contribution < 1.29 is 9.53 Å². The smallest absolute Gasteiger partial charge is 0.320 e. The summed E-state index contributed by atoms with van der Waals surface area (Å²) < 4.78 is 5.53. The molecule has 1 aromatic heterocycles. The van der Waals surface area contributed by atoms with Gasteiger partial charge < -0.3 is 14.5 Å². The molecule has 6 heteroatoms. The van der Waals surface area contributed by atoms with Gasteiger partial charge in [-0.05, 0) is 31.2 Å². The number of hydrogen-bond donors (Lipinski definition) is 0. The second-order valence-electron chi connectivity index (χ2n) is 6.71. The van der Waals surface area contributed by atoms with Gasteiger partial charge in [0.2, 0.25) is 0 Å². The van der Waals surface area contributed by atoms with Crippen molar-refractivity contribution in [3.05, 3.63) is 23.3 Å². The number of hydrogen-bond acceptors (Lipinski definition) is 4. The quantitative estimate of drug-likeness (QED) is 0.789. The van der Waals surface area contributed by atoms with E-state index in [9.17, 15) is 4.79 Å². The molecule has 1 atom stereocenters. The first-order chi connectivity index (χ1) is 11.3. The van der Waals surface area contributed by atoms with Gasteiger partial charge in [0, 0.05) is 50.8 Å². The summed E-state index contributed by atoms with van der Waals surface area (Å²) in [5, 5.41) is 0. The van der Waals surface area contributed by atoms with E-state index in [0.29, 0.717) is 5.92 Å². The lowest BCUT2D eigenvalue weighted by Crippen LogP contribution is -2.43. The fourth-order valence-electron chi connectivity index (χ4n) is 3.95. The van der Waals surface area contributed by atoms with E-state index in [1.165, 1.54) is 5.56 Å². The van der Waals surface area contributed by atoms with Crippen molar-refractivity contribution >= 4 is 6.03 Å². The van der Waals surface area contributed by atoms with E-state index >= 15 is 0 Å². The number of amides is 2. The van der Waals surface area contributed by atoms with Gasteiger partial charge in [0.05, 0.1) is 12.3 Å². The molecule has 1 aromatic rings. The third-order valence-electron chi connectivity index (χ3n) is 5.28. The maximum Gasteiger partial charge on any atom is 0.320 e. The topological polar surface area (TPSA) is 58.6 Å². The van der Waals surface area contributed by atoms with Crippen LogP contribution in [0.25, 0.3) is 0 Å². The zero-order chi connectivity index (χ0) is 15.6. The molecule has 0 unspecified atom stereocenters. The summed E-state index contributed by atoms with van der Waals surface area (Å²) in [5.74, 6) is 0.396. The summed E-state index contributed by atoms with van der Waals surface area (Å²) in [4.78, 5) is 25.7. The van der Waals surface area contributed by atoms with Gasteiger partial charge in [-0.25, -0.2) is 14.8 Å². The van der Waals surface area contributed by atoms with Gasteiger partial charge >= 0.3 is 6.03 Å². The molecule has 0 saturated carbocycles. The summed E-state index contributed by atoms with van der Waals surface area (Å²) in [6.07, 6.45) is 6.69. The van der Waals surface area contributed by atoms with Crippen molar-refractivity contribution in [1.82, 2.24) is 19.8 Å². The molecule has 2 saturated heterocycles. The van der Waals surface area contributed by atoms with Gasteiger partial charge in [-0.2, -0.15) is 0 Å². The van der Waals surface area contributed by atoms with Gasteiger partial charge in [-0.3, -0.25) is 0 Å². The van der Waals surface area contributed by atoms with Crippen molar-refractivity contribution in [2.24, 2.45) is 0 Å². The minimum atomic E-state index is 0.203. The lowest BCUT2D eigenvalue weighted by Gasteiger charge is -2.26. The Morgan fingerprint density at radius 3 is 2.65 bits per heavy atom. The Kier molecular flexibility index (Phi) is 4.16. The molecular weight excluding hydrogens is 292 g/mol. The molecule has 6 nitrogen and oxygen atoms in total. The minimum Gasteiger partial charge on any atom is -0.381 e. The highest BCUT2D eigenvalue weighted by Gasteiger charge is 2.29. The first-order valence-electron chi connectivity index (χ1n) is 8.77. The Bertz CT molecular complexity index is 580. The summed E-state index contributed by atoms with van der Waals surface area (Å²) in [5.41, 5.74) is 3.54. The Morgan fingerprint density at radius 1 is 1.09 bits per heavy atom. The number of nitrogens with zero attached hydrogens (tertiary/aromatic N) is 4. The van der Waals surface area contributed by atoms with E-state index in [4.69, 9.17) is 4.74 Å². The molecule has 0 bridgehead atoms. The van der Waals surface area contributed by atoms with Crippen LogP contribution in [0.15, 0.2) is 6.33 Å². The molecule has 2 amide bonds. The van der Waals surface area contributed by atoms with Crippen LogP contribution in [0.2, 0.25) is 0 Å². The number of rotatable bonds is 1. The van der Waals surface area contributed by atoms with Crippen LogP contribution in [0.1, 0.15) is 42.1 Å². The highest BCUT2D eigenvalue weighted by molar-refractivity contribution is 5.74. The molecule has 0 spiro atoms. The lowest BCUT2D eigenvalue weighted by atomic mass is 9.96. The molecule has 0 aromatic carbocycles. The van der Waals surface area contributed by atoms with Gasteiger partial charge in [-0.15, -0.1) is 0 Å². The first-order valence-corrected chi connectivity index (χ1v) is 8.77. The van der Waals surface area contributed by atoms with Gasteiger partial charge in [0.15, 0.2) is 0 Å². The van der Waals surface area contributed by atoms with Crippen LogP contribution >= 0.6 is 0 Å². The lowest BCUT2D eigenvalue weighted by molar-refractivity contribution is 0.164. The molecular formula is C17H24N4O2. The predicted octanol–water partition coefficient (Wildman–Crippen LogP) is 1.60. The summed E-state index contributed by atoms with van der Waals surface area (Å²) in [6.45, 7) is 4.94. The summed E-state index contributed by atoms with van der Waals surface area (Å²) >= 11 is 0. The average molecular weight is 316 g/mol. The fourth-order valence-corrected chi connectivity index (χ4v) is 3.95. The Morgan fingerprint density at radius 2 is 1.87 bits per heavy atom. The number of urea groups is 1. The number of ether oxygens (including phenoxy) is 1. The van der Waals surface area contributed by atoms with Crippen LogP contribution in [-0.4, -0.2) is 65.2 Å². The van der Waals surface area contributed by atoms with Crippen LogP contribution in [0.3, 0.4) is 0 Å². The average Bonchev–Trinajstić information content (AvgIpc) is 3.24.